The van der Waals surface area contributed by atoms with Crippen LogP contribution in [0.2, 0.25) is 0 Å². The van der Waals surface area contributed by atoms with Gasteiger partial charge in [0.25, 0.3) is 0 Å². The van der Waals surface area contributed by atoms with Gasteiger partial charge in [0.2, 0.25) is 15.9 Å². The van der Waals surface area contributed by atoms with Crippen LogP contribution in [0.25, 0.3) is 0 Å². The van der Waals surface area contributed by atoms with Crippen LogP contribution in [0.1, 0.15) is 23.6 Å². The third kappa shape index (κ3) is 4.89. The molecule has 0 heterocycles. The van der Waals surface area contributed by atoms with E-state index >= 15 is 0 Å². The quantitative estimate of drug-likeness (QED) is 0.806. The number of amides is 1. The van der Waals surface area contributed by atoms with Gasteiger partial charge in [-0.15, -0.1) is 0 Å². The number of carbonyl (C=O) groups excluding carboxylic acids is 1. The lowest BCUT2D eigenvalue weighted by Gasteiger charge is -2.21. The minimum atomic E-state index is -3.77. The molecule has 0 aliphatic heterocycles. The van der Waals surface area contributed by atoms with Gasteiger partial charge in [-0.2, -0.15) is 4.31 Å². The summed E-state index contributed by atoms with van der Waals surface area (Å²) in [5.74, 6) is -0.762. The van der Waals surface area contributed by atoms with Crippen molar-refractivity contribution in [3.05, 3.63) is 65.0 Å². The molecular weight excluding hydrogens is 355 g/mol. The Labute approximate surface area is 153 Å². The predicted molar refractivity (Wildman–Crippen MR) is 98.6 cm³/mol. The Balaban J connectivity index is 2.08. The summed E-state index contributed by atoms with van der Waals surface area (Å²) in [5.41, 5.74) is 2.21. The van der Waals surface area contributed by atoms with Crippen molar-refractivity contribution in [3.8, 4) is 0 Å². The standard InChI is InChI=1S/C19H23FN2O3S/c1-4-22(26(24,25)18-11-14(2)5-6-15(18)3)13-19(23)21-12-16-7-9-17(20)10-8-16/h5-11H,4,12-13H2,1-3H3,(H,21,23). The molecule has 0 atom stereocenters. The molecule has 0 fully saturated rings. The summed E-state index contributed by atoms with van der Waals surface area (Å²) in [4.78, 5) is 12.4. The third-order valence-corrected chi connectivity index (χ3v) is 6.10. The maximum Gasteiger partial charge on any atom is 0.243 e. The molecule has 2 aromatic carbocycles. The minimum Gasteiger partial charge on any atom is -0.351 e. The first-order chi connectivity index (χ1) is 12.2. The summed E-state index contributed by atoms with van der Waals surface area (Å²) >= 11 is 0. The molecule has 0 saturated carbocycles. The van der Waals surface area contributed by atoms with Crippen LogP contribution in [-0.2, 0) is 21.4 Å². The summed E-state index contributed by atoms with van der Waals surface area (Å²) in [6.07, 6.45) is 0. The summed E-state index contributed by atoms with van der Waals surface area (Å²) in [5, 5.41) is 2.67. The van der Waals surface area contributed by atoms with E-state index in [1.165, 1.54) is 12.1 Å². The Morgan fingerprint density at radius 3 is 2.38 bits per heavy atom. The van der Waals surface area contributed by atoms with Gasteiger partial charge in [-0.05, 0) is 48.7 Å². The average molecular weight is 378 g/mol. The summed E-state index contributed by atoms with van der Waals surface area (Å²) in [6.45, 7) is 5.36. The number of sulfonamides is 1. The molecule has 1 amide bonds. The van der Waals surface area contributed by atoms with Crippen molar-refractivity contribution >= 4 is 15.9 Å². The highest BCUT2D eigenvalue weighted by molar-refractivity contribution is 7.89. The highest BCUT2D eigenvalue weighted by Gasteiger charge is 2.26. The number of rotatable bonds is 7. The van der Waals surface area contributed by atoms with Gasteiger partial charge < -0.3 is 5.32 Å². The van der Waals surface area contributed by atoms with E-state index in [0.717, 1.165) is 15.4 Å². The van der Waals surface area contributed by atoms with Gasteiger partial charge in [0.15, 0.2) is 0 Å². The highest BCUT2D eigenvalue weighted by atomic mass is 32.2. The van der Waals surface area contributed by atoms with E-state index in [2.05, 4.69) is 5.32 Å². The average Bonchev–Trinajstić information content (AvgIpc) is 2.61. The van der Waals surface area contributed by atoms with Crippen LogP contribution < -0.4 is 5.32 Å². The predicted octanol–water partition coefficient (Wildman–Crippen LogP) is 2.77. The SMILES string of the molecule is CCN(CC(=O)NCc1ccc(F)cc1)S(=O)(=O)c1cc(C)ccc1C. The van der Waals surface area contributed by atoms with Gasteiger partial charge in [0, 0.05) is 13.1 Å². The van der Waals surface area contributed by atoms with Crippen molar-refractivity contribution in [2.75, 3.05) is 13.1 Å². The van der Waals surface area contributed by atoms with E-state index in [0.29, 0.717) is 5.56 Å². The van der Waals surface area contributed by atoms with Gasteiger partial charge in [-0.25, -0.2) is 12.8 Å². The van der Waals surface area contributed by atoms with E-state index in [9.17, 15) is 17.6 Å². The fraction of sp³-hybridized carbons (Fsp3) is 0.316. The molecule has 0 radical (unpaired) electrons. The zero-order chi connectivity index (χ0) is 19.3. The van der Waals surface area contributed by atoms with Gasteiger partial charge in [-0.1, -0.05) is 31.2 Å². The van der Waals surface area contributed by atoms with Crippen molar-refractivity contribution in [1.82, 2.24) is 9.62 Å². The molecule has 0 aliphatic carbocycles. The van der Waals surface area contributed by atoms with Crippen LogP contribution in [0.15, 0.2) is 47.4 Å². The number of carbonyl (C=O) groups is 1. The molecule has 2 aromatic rings. The molecule has 2 rings (SSSR count). The minimum absolute atomic E-state index is 0.180. The molecule has 0 unspecified atom stereocenters. The van der Waals surface area contributed by atoms with Crippen LogP contribution in [0.4, 0.5) is 4.39 Å². The van der Waals surface area contributed by atoms with E-state index in [1.807, 2.05) is 13.0 Å². The molecular formula is C19H23FN2O3S. The van der Waals surface area contributed by atoms with Crippen LogP contribution >= 0.6 is 0 Å². The molecule has 5 nitrogen and oxygen atoms in total. The zero-order valence-electron chi connectivity index (χ0n) is 15.1. The van der Waals surface area contributed by atoms with E-state index in [-0.39, 0.29) is 30.3 Å². The maximum absolute atomic E-state index is 12.9. The molecule has 0 aliphatic rings. The lowest BCUT2D eigenvalue weighted by Crippen LogP contribution is -2.40. The molecule has 0 aromatic heterocycles. The largest absolute Gasteiger partial charge is 0.351 e. The van der Waals surface area contributed by atoms with Crippen molar-refractivity contribution in [1.29, 1.82) is 0 Å². The molecule has 140 valence electrons. The van der Waals surface area contributed by atoms with E-state index in [1.54, 1.807) is 38.1 Å². The molecule has 0 bridgehead atoms. The number of nitrogens with one attached hydrogen (secondary N) is 1. The Hall–Kier alpha value is -2.25. The van der Waals surface area contributed by atoms with E-state index in [4.69, 9.17) is 0 Å². The molecule has 0 spiro atoms. The number of benzene rings is 2. The highest BCUT2D eigenvalue weighted by Crippen LogP contribution is 2.21. The van der Waals surface area contributed by atoms with Crippen molar-refractivity contribution < 1.29 is 17.6 Å². The van der Waals surface area contributed by atoms with Crippen LogP contribution in [-0.4, -0.2) is 31.7 Å². The summed E-state index contributed by atoms with van der Waals surface area (Å²) in [7, 11) is -3.77. The van der Waals surface area contributed by atoms with Gasteiger partial charge >= 0.3 is 0 Å². The number of nitrogens with zero attached hydrogens (tertiary/aromatic N) is 1. The smallest absolute Gasteiger partial charge is 0.243 e. The Bertz CT molecular complexity index is 880. The van der Waals surface area contributed by atoms with Crippen molar-refractivity contribution in [2.24, 2.45) is 0 Å². The summed E-state index contributed by atoms with van der Waals surface area (Å²) < 4.78 is 39.8. The van der Waals surface area contributed by atoms with Gasteiger partial charge in [0.1, 0.15) is 5.82 Å². The number of likely N-dealkylation sites (N-methyl/N-ethyl adjacent to an activating group) is 1. The number of halogens is 1. The van der Waals surface area contributed by atoms with E-state index < -0.39 is 15.9 Å². The molecule has 7 heteroatoms. The van der Waals surface area contributed by atoms with Crippen LogP contribution in [0.3, 0.4) is 0 Å². The monoisotopic (exact) mass is 378 g/mol. The zero-order valence-corrected chi connectivity index (χ0v) is 15.9. The van der Waals surface area contributed by atoms with Crippen LogP contribution in [0, 0.1) is 19.7 Å². The van der Waals surface area contributed by atoms with Gasteiger partial charge in [0.05, 0.1) is 11.4 Å². The lowest BCUT2D eigenvalue weighted by molar-refractivity contribution is -0.121. The second kappa shape index (κ2) is 8.42. The first kappa shape index (κ1) is 20.1. The first-order valence-corrected chi connectivity index (χ1v) is 9.76. The second-order valence-corrected chi connectivity index (χ2v) is 8.01. The number of aryl methyl sites for hydroxylation is 2. The Morgan fingerprint density at radius 2 is 1.77 bits per heavy atom. The maximum atomic E-state index is 12.9. The fourth-order valence-electron chi connectivity index (χ4n) is 2.51. The molecule has 1 N–H and O–H groups in total. The topological polar surface area (TPSA) is 66.5 Å². The Morgan fingerprint density at radius 1 is 1.12 bits per heavy atom. The van der Waals surface area contributed by atoms with Crippen molar-refractivity contribution in [2.45, 2.75) is 32.2 Å². The summed E-state index contributed by atoms with van der Waals surface area (Å²) in [6, 6.07) is 11.0. The normalized spacial score (nSPS) is 11.6. The first-order valence-electron chi connectivity index (χ1n) is 8.32. The second-order valence-electron chi connectivity index (χ2n) is 6.10. The van der Waals surface area contributed by atoms with Gasteiger partial charge in [-0.3, -0.25) is 4.79 Å². The Kier molecular flexibility index (Phi) is 6.50. The number of hydrogen-bond acceptors (Lipinski definition) is 3. The lowest BCUT2D eigenvalue weighted by atomic mass is 10.2. The molecule has 0 saturated heterocycles. The fourth-order valence-corrected chi connectivity index (χ4v) is 4.23. The third-order valence-electron chi connectivity index (χ3n) is 4.04. The number of hydrogen-bond donors (Lipinski definition) is 1. The van der Waals surface area contributed by atoms with Crippen molar-refractivity contribution in [3.63, 3.8) is 0 Å². The molecule has 26 heavy (non-hydrogen) atoms. The van der Waals surface area contributed by atoms with Crippen LogP contribution in [0.5, 0.6) is 0 Å².